The van der Waals surface area contributed by atoms with Crippen molar-refractivity contribution in [3.63, 3.8) is 0 Å². The summed E-state index contributed by atoms with van der Waals surface area (Å²) in [5.41, 5.74) is 3.09. The number of aliphatic hydroxyl groups is 1. The minimum absolute atomic E-state index is 0.181. The minimum Gasteiger partial charge on any atom is -0.493 e. The quantitative estimate of drug-likeness (QED) is 0.485. The normalized spacial score (nSPS) is 21.5. The number of pyridine rings is 2. The van der Waals surface area contributed by atoms with Crippen LogP contribution in [0.3, 0.4) is 0 Å². The highest BCUT2D eigenvalue weighted by Gasteiger charge is 2.44. The fourth-order valence-corrected chi connectivity index (χ4v) is 5.39. The second-order valence-electron chi connectivity index (χ2n) is 11.0. The van der Waals surface area contributed by atoms with Crippen LogP contribution in [0, 0.1) is 0 Å². The van der Waals surface area contributed by atoms with Crippen LogP contribution in [0.15, 0.2) is 24.5 Å². The third-order valence-corrected chi connectivity index (χ3v) is 7.52. The van der Waals surface area contributed by atoms with Crippen molar-refractivity contribution in [2.75, 3.05) is 45.0 Å². The largest absolute Gasteiger partial charge is 0.493 e. The fourth-order valence-electron chi connectivity index (χ4n) is 5.39. The molecule has 1 unspecified atom stereocenters. The first-order valence-electron chi connectivity index (χ1n) is 13.2. The Labute approximate surface area is 221 Å². The number of nitrogens with one attached hydrogen (secondary N) is 1. The second kappa shape index (κ2) is 9.60. The van der Waals surface area contributed by atoms with E-state index in [1.807, 2.05) is 12.1 Å². The molecule has 0 bridgehead atoms. The average Bonchev–Trinajstić information content (AvgIpc) is 3.43. The first-order chi connectivity index (χ1) is 18.2. The second-order valence-corrected chi connectivity index (χ2v) is 11.0. The zero-order valence-corrected chi connectivity index (χ0v) is 22.1. The molecule has 3 aromatic heterocycles. The maximum Gasteiger partial charge on any atom is 0.222 e. The summed E-state index contributed by atoms with van der Waals surface area (Å²) in [7, 11) is 0. The summed E-state index contributed by atoms with van der Waals surface area (Å²) < 4.78 is 26.1. The van der Waals surface area contributed by atoms with Gasteiger partial charge in [0.2, 0.25) is 5.91 Å². The number of anilines is 1. The lowest BCUT2D eigenvalue weighted by Gasteiger charge is -2.34. The number of carbonyl (C=O) groups excluding carboxylic acids is 1. The maximum atomic E-state index is 11.7. The molecular formula is C28H34N4O6. The van der Waals surface area contributed by atoms with E-state index in [0.29, 0.717) is 58.3 Å². The number of nitrogens with zero attached hydrogens (tertiary/aromatic N) is 3. The summed E-state index contributed by atoms with van der Waals surface area (Å²) >= 11 is 0. The Kier molecular flexibility index (Phi) is 6.38. The van der Waals surface area contributed by atoms with Crippen LogP contribution >= 0.6 is 0 Å². The van der Waals surface area contributed by atoms with Crippen molar-refractivity contribution in [3.05, 3.63) is 35.8 Å². The van der Waals surface area contributed by atoms with Crippen molar-refractivity contribution in [1.29, 1.82) is 0 Å². The molecule has 1 spiro atoms. The van der Waals surface area contributed by atoms with E-state index in [0.717, 1.165) is 45.6 Å². The van der Waals surface area contributed by atoms with Gasteiger partial charge in [-0.3, -0.25) is 4.79 Å². The number of aromatic nitrogens is 3. The number of ether oxygens (including phenoxy) is 4. The van der Waals surface area contributed by atoms with E-state index in [1.54, 1.807) is 20.0 Å². The summed E-state index contributed by atoms with van der Waals surface area (Å²) in [6, 6.07) is 4.09. The predicted molar refractivity (Wildman–Crippen MR) is 140 cm³/mol. The molecule has 0 aliphatic carbocycles. The van der Waals surface area contributed by atoms with Crippen molar-refractivity contribution in [1.82, 2.24) is 14.5 Å². The number of rotatable bonds is 7. The molecule has 202 valence electrons. The zero-order chi connectivity index (χ0) is 26.5. The molecule has 38 heavy (non-hydrogen) atoms. The number of amides is 1. The van der Waals surface area contributed by atoms with Gasteiger partial charge in [0.1, 0.15) is 17.2 Å². The van der Waals surface area contributed by atoms with Crippen LogP contribution in [-0.2, 0) is 31.0 Å². The van der Waals surface area contributed by atoms with Crippen LogP contribution in [-0.4, -0.2) is 70.8 Å². The van der Waals surface area contributed by atoms with Crippen LogP contribution in [0.5, 0.6) is 5.75 Å². The lowest BCUT2D eigenvalue weighted by atomic mass is 9.89. The molecule has 0 saturated carbocycles. The minimum atomic E-state index is -0.828. The van der Waals surface area contributed by atoms with Crippen molar-refractivity contribution in [3.8, 4) is 17.0 Å². The number of hydrogen-bond donors (Lipinski definition) is 2. The first-order valence-corrected chi connectivity index (χ1v) is 13.2. The highest BCUT2D eigenvalue weighted by molar-refractivity contribution is 5.98. The van der Waals surface area contributed by atoms with E-state index in [9.17, 15) is 9.90 Å². The predicted octanol–water partition coefficient (Wildman–Crippen LogP) is 3.36. The van der Waals surface area contributed by atoms with Crippen LogP contribution in [0.2, 0.25) is 0 Å². The third kappa shape index (κ3) is 4.66. The molecular weight excluding hydrogens is 488 g/mol. The zero-order valence-electron chi connectivity index (χ0n) is 22.1. The van der Waals surface area contributed by atoms with Crippen LogP contribution in [0.25, 0.3) is 22.2 Å². The maximum absolute atomic E-state index is 11.7. The smallest absolute Gasteiger partial charge is 0.222 e. The molecule has 3 aromatic rings. The Morgan fingerprint density at radius 1 is 1.29 bits per heavy atom. The van der Waals surface area contributed by atoms with E-state index >= 15 is 0 Å². The van der Waals surface area contributed by atoms with Crippen molar-refractivity contribution in [2.45, 2.75) is 57.3 Å². The van der Waals surface area contributed by atoms with Gasteiger partial charge in [-0.25, -0.2) is 9.97 Å². The van der Waals surface area contributed by atoms with Gasteiger partial charge in [-0.15, -0.1) is 0 Å². The molecule has 0 radical (unpaired) electrons. The van der Waals surface area contributed by atoms with Crippen molar-refractivity contribution >= 4 is 22.6 Å². The monoisotopic (exact) mass is 522 g/mol. The van der Waals surface area contributed by atoms with Gasteiger partial charge in [0.15, 0.2) is 0 Å². The molecule has 2 saturated heterocycles. The number of fused-ring (bicyclic) bond motifs is 3. The van der Waals surface area contributed by atoms with Crippen molar-refractivity contribution < 1.29 is 28.8 Å². The summed E-state index contributed by atoms with van der Waals surface area (Å²) in [5.74, 6) is 1.06. The molecule has 3 aliphatic heterocycles. The molecule has 3 aliphatic rings. The standard InChI is InChI=1S/C28H34N4O6/c1-17(33)30-25-10-20-21(13-32(18-14-36-15-18)23(20)12-29-25)22-11-24(37-9-5-27(2,3)34)19-4-7-38-28(26(19)31-22)6-8-35-16-28/h10-13,18,34H,4-9,14-16H2,1-3H3,(H,29,30,33). The summed E-state index contributed by atoms with van der Waals surface area (Å²) in [5, 5.41) is 14.0. The van der Waals surface area contributed by atoms with Gasteiger partial charge in [0.05, 0.1) is 67.8 Å². The fraction of sp³-hybridized carbons (Fsp3) is 0.536. The Hall–Kier alpha value is -3.05. The average molecular weight is 523 g/mol. The Morgan fingerprint density at radius 2 is 2.13 bits per heavy atom. The highest BCUT2D eigenvalue weighted by atomic mass is 16.6. The van der Waals surface area contributed by atoms with E-state index in [1.165, 1.54) is 6.92 Å². The van der Waals surface area contributed by atoms with Crippen LogP contribution in [0.1, 0.15) is 50.9 Å². The summed E-state index contributed by atoms with van der Waals surface area (Å²) in [6.07, 6.45) is 5.80. The molecule has 1 amide bonds. The first kappa shape index (κ1) is 25.2. The van der Waals surface area contributed by atoms with Gasteiger partial charge in [-0.1, -0.05) is 0 Å². The lowest BCUT2D eigenvalue weighted by molar-refractivity contribution is -0.114. The van der Waals surface area contributed by atoms with Crippen LogP contribution in [0.4, 0.5) is 5.82 Å². The Balaban J connectivity index is 1.50. The van der Waals surface area contributed by atoms with Gasteiger partial charge in [0, 0.05) is 61.6 Å². The molecule has 6 rings (SSSR count). The summed E-state index contributed by atoms with van der Waals surface area (Å²) in [4.78, 5) is 21.4. The van der Waals surface area contributed by atoms with E-state index in [2.05, 4.69) is 21.1 Å². The molecule has 2 fully saturated rings. The SMILES string of the molecule is CC(=O)Nc1cc2c(-c3cc(OCCC(C)(C)O)c4c(n3)C3(CCOC3)OCC4)cn(C3COC3)c2cn1. The third-order valence-electron chi connectivity index (χ3n) is 7.52. The van der Waals surface area contributed by atoms with Crippen LogP contribution < -0.4 is 10.1 Å². The van der Waals surface area contributed by atoms with Gasteiger partial charge < -0.3 is 33.9 Å². The Morgan fingerprint density at radius 3 is 2.82 bits per heavy atom. The molecule has 2 N–H and O–H groups in total. The van der Waals surface area contributed by atoms with Gasteiger partial charge in [-0.2, -0.15) is 0 Å². The van der Waals surface area contributed by atoms with E-state index < -0.39 is 11.2 Å². The van der Waals surface area contributed by atoms with Crippen molar-refractivity contribution in [2.24, 2.45) is 0 Å². The summed E-state index contributed by atoms with van der Waals surface area (Å²) in [6.45, 7) is 8.32. The van der Waals surface area contributed by atoms with Gasteiger partial charge >= 0.3 is 0 Å². The topological polar surface area (TPSA) is 117 Å². The molecule has 1 atom stereocenters. The molecule has 10 heteroatoms. The molecule has 6 heterocycles. The van der Waals surface area contributed by atoms with Gasteiger partial charge in [-0.05, 0) is 19.9 Å². The van der Waals surface area contributed by atoms with E-state index in [4.69, 9.17) is 23.9 Å². The molecule has 10 nitrogen and oxygen atoms in total. The lowest BCUT2D eigenvalue weighted by Crippen LogP contribution is -2.37. The molecule has 0 aromatic carbocycles. The number of carbonyl (C=O) groups is 1. The Bertz CT molecular complexity index is 1370. The highest BCUT2D eigenvalue weighted by Crippen LogP contribution is 2.44. The number of hydrogen-bond acceptors (Lipinski definition) is 8. The van der Waals surface area contributed by atoms with E-state index in [-0.39, 0.29) is 11.9 Å². The van der Waals surface area contributed by atoms with Gasteiger partial charge in [0.25, 0.3) is 0 Å².